The van der Waals surface area contributed by atoms with E-state index < -0.39 is 5.60 Å². The summed E-state index contributed by atoms with van der Waals surface area (Å²) in [5.74, 6) is -0.385. The van der Waals surface area contributed by atoms with E-state index >= 15 is 0 Å². The number of nitrogens with zero attached hydrogens (tertiary/aromatic N) is 2. The van der Waals surface area contributed by atoms with Crippen molar-refractivity contribution in [3.05, 3.63) is 130 Å². The Balaban J connectivity index is 1.77. The van der Waals surface area contributed by atoms with E-state index in [1.54, 1.807) is 54.9 Å². The Morgan fingerprint density at radius 2 is 1.39 bits per heavy atom. The molecule has 0 radical (unpaired) electrons. The Hall–Kier alpha value is -3.31. The molecule has 0 saturated heterocycles. The molecule has 0 amide bonds. The Kier molecular flexibility index (Phi) is 5.59. The van der Waals surface area contributed by atoms with Gasteiger partial charge in [-0.2, -0.15) is 0 Å². The summed E-state index contributed by atoms with van der Waals surface area (Å²) in [6.45, 7) is 0. The van der Waals surface area contributed by atoms with Gasteiger partial charge < -0.3 is 5.11 Å². The van der Waals surface area contributed by atoms with Crippen molar-refractivity contribution >= 4 is 34.1 Å². The lowest BCUT2D eigenvalue weighted by atomic mass is 9.80. The van der Waals surface area contributed by atoms with Gasteiger partial charge in [0, 0.05) is 23.3 Å². The van der Waals surface area contributed by atoms with E-state index in [9.17, 15) is 9.50 Å². The minimum atomic E-state index is -1.57. The highest BCUT2D eigenvalue weighted by atomic mass is 35.5. The van der Waals surface area contributed by atoms with Crippen LogP contribution in [0, 0.1) is 5.82 Å². The molecule has 6 heteroatoms. The number of benzene rings is 3. The summed E-state index contributed by atoms with van der Waals surface area (Å²) in [5.41, 5.74) is 2.15. The van der Waals surface area contributed by atoms with Gasteiger partial charge in [-0.3, -0.25) is 4.98 Å². The molecule has 1 unspecified atom stereocenters. The molecule has 1 N–H and O–H groups in total. The maximum Gasteiger partial charge on any atom is 0.140 e. The lowest BCUT2D eigenvalue weighted by molar-refractivity contribution is 0.125. The van der Waals surface area contributed by atoms with Gasteiger partial charge in [0.2, 0.25) is 0 Å². The second-order valence-electron chi connectivity index (χ2n) is 7.64. The third-order valence-electron chi connectivity index (χ3n) is 5.72. The maximum absolute atomic E-state index is 13.7. The Morgan fingerprint density at radius 3 is 2.09 bits per heavy atom. The van der Waals surface area contributed by atoms with E-state index in [1.165, 1.54) is 12.1 Å². The number of hydrogen-bond acceptors (Lipinski definition) is 3. The van der Waals surface area contributed by atoms with E-state index in [-0.39, 0.29) is 5.82 Å². The van der Waals surface area contributed by atoms with Gasteiger partial charge in [-0.1, -0.05) is 71.7 Å². The zero-order chi connectivity index (χ0) is 23.0. The topological polar surface area (TPSA) is 46.0 Å². The smallest absolute Gasteiger partial charge is 0.140 e. The highest BCUT2D eigenvalue weighted by Gasteiger charge is 2.34. The van der Waals surface area contributed by atoms with Crippen LogP contribution in [0.1, 0.15) is 16.7 Å². The molecule has 0 saturated carbocycles. The van der Waals surface area contributed by atoms with Crippen LogP contribution in [0.25, 0.3) is 22.0 Å². The van der Waals surface area contributed by atoms with Crippen LogP contribution in [0.2, 0.25) is 10.2 Å². The van der Waals surface area contributed by atoms with Crippen LogP contribution in [0.4, 0.5) is 4.39 Å². The van der Waals surface area contributed by atoms with Crippen LogP contribution in [0.5, 0.6) is 0 Å². The summed E-state index contributed by atoms with van der Waals surface area (Å²) in [6, 6.07) is 24.1. The molecule has 2 aromatic heterocycles. The molecular formula is C27H17Cl2FN2O. The first-order valence-corrected chi connectivity index (χ1v) is 11.0. The predicted molar refractivity (Wildman–Crippen MR) is 130 cm³/mol. The second kappa shape index (κ2) is 8.56. The fourth-order valence-corrected chi connectivity index (χ4v) is 4.75. The first-order valence-electron chi connectivity index (χ1n) is 10.2. The highest BCUT2D eigenvalue weighted by Crippen LogP contribution is 2.42. The minimum absolute atomic E-state index is 0.300. The van der Waals surface area contributed by atoms with Crippen LogP contribution >= 0.6 is 23.2 Å². The van der Waals surface area contributed by atoms with Gasteiger partial charge in [0.15, 0.2) is 0 Å². The third-order valence-corrected chi connectivity index (χ3v) is 6.38. The van der Waals surface area contributed by atoms with Gasteiger partial charge >= 0.3 is 0 Å². The van der Waals surface area contributed by atoms with E-state index in [0.29, 0.717) is 43.3 Å². The van der Waals surface area contributed by atoms with Gasteiger partial charge in [0.25, 0.3) is 0 Å². The molecule has 0 spiro atoms. The van der Waals surface area contributed by atoms with Crippen LogP contribution < -0.4 is 0 Å². The van der Waals surface area contributed by atoms with Crippen LogP contribution in [0.15, 0.2) is 97.3 Å². The zero-order valence-electron chi connectivity index (χ0n) is 17.2. The Bertz CT molecular complexity index is 1440. The van der Waals surface area contributed by atoms with Gasteiger partial charge in [0.05, 0.1) is 10.5 Å². The number of aliphatic hydroxyl groups is 1. The molecule has 3 aromatic carbocycles. The van der Waals surface area contributed by atoms with E-state index in [4.69, 9.17) is 23.2 Å². The van der Waals surface area contributed by atoms with Crippen molar-refractivity contribution in [2.45, 2.75) is 5.60 Å². The quantitative estimate of drug-likeness (QED) is 0.284. The average Bonchev–Trinajstić information content (AvgIpc) is 2.85. The Morgan fingerprint density at radius 1 is 0.758 bits per heavy atom. The number of fused-ring (bicyclic) bond motifs is 1. The van der Waals surface area contributed by atoms with Gasteiger partial charge in [-0.25, -0.2) is 9.37 Å². The van der Waals surface area contributed by atoms with Crippen molar-refractivity contribution in [2.24, 2.45) is 0 Å². The summed E-state index contributed by atoms with van der Waals surface area (Å²) in [5, 5.41) is 13.5. The molecule has 33 heavy (non-hydrogen) atoms. The first kappa shape index (κ1) is 21.5. The molecule has 1 atom stereocenters. The summed E-state index contributed by atoms with van der Waals surface area (Å²) >= 11 is 13.3. The number of hydrogen-bond donors (Lipinski definition) is 1. The molecule has 0 fully saturated rings. The monoisotopic (exact) mass is 474 g/mol. The van der Waals surface area contributed by atoms with Gasteiger partial charge in [-0.05, 0) is 58.7 Å². The maximum atomic E-state index is 13.7. The predicted octanol–water partition coefficient (Wildman–Crippen LogP) is 7.03. The number of rotatable bonds is 4. The van der Waals surface area contributed by atoms with Crippen molar-refractivity contribution in [2.75, 3.05) is 0 Å². The van der Waals surface area contributed by atoms with Gasteiger partial charge in [-0.15, -0.1) is 0 Å². The van der Waals surface area contributed by atoms with E-state index in [1.807, 2.05) is 30.3 Å². The molecular weight excluding hydrogens is 458 g/mol. The first-order chi connectivity index (χ1) is 16.0. The molecule has 5 rings (SSSR count). The van der Waals surface area contributed by atoms with E-state index in [2.05, 4.69) is 9.97 Å². The molecule has 0 aliphatic heterocycles. The van der Waals surface area contributed by atoms with Crippen molar-refractivity contribution in [3.8, 4) is 11.1 Å². The fraction of sp³-hybridized carbons (Fsp3) is 0.0370. The molecule has 0 bridgehead atoms. The van der Waals surface area contributed by atoms with Crippen LogP contribution in [-0.4, -0.2) is 15.1 Å². The minimum Gasteiger partial charge on any atom is -0.376 e. The van der Waals surface area contributed by atoms with Crippen LogP contribution in [0.3, 0.4) is 0 Å². The molecule has 3 nitrogen and oxygen atoms in total. The largest absolute Gasteiger partial charge is 0.376 e. The molecule has 0 aliphatic rings. The summed E-state index contributed by atoms with van der Waals surface area (Å²) < 4.78 is 13.7. The average molecular weight is 475 g/mol. The third kappa shape index (κ3) is 3.76. The standard InChI is InChI=1S/C27H17Cl2FN2O/c28-25-22-16-20(8-11-23(22)32-26(29)24(25)17-4-2-1-3-5-17)27(33,19-12-14-31-15-13-19)18-6-9-21(30)10-7-18/h1-16,33H. The molecule has 2 heterocycles. The van der Waals surface area contributed by atoms with Crippen molar-refractivity contribution in [1.82, 2.24) is 9.97 Å². The molecule has 162 valence electrons. The number of aromatic nitrogens is 2. The number of halogens is 3. The summed E-state index contributed by atoms with van der Waals surface area (Å²) in [7, 11) is 0. The van der Waals surface area contributed by atoms with Gasteiger partial charge in [0.1, 0.15) is 16.6 Å². The highest BCUT2D eigenvalue weighted by molar-refractivity contribution is 6.42. The normalized spacial score (nSPS) is 13.1. The molecule has 5 aromatic rings. The van der Waals surface area contributed by atoms with Crippen LogP contribution in [-0.2, 0) is 5.60 Å². The summed E-state index contributed by atoms with van der Waals surface area (Å²) in [4.78, 5) is 8.60. The lowest BCUT2D eigenvalue weighted by Gasteiger charge is -2.30. The number of pyridine rings is 2. The fourth-order valence-electron chi connectivity index (χ4n) is 4.06. The Labute approximate surface area is 200 Å². The lowest BCUT2D eigenvalue weighted by Crippen LogP contribution is -2.29. The zero-order valence-corrected chi connectivity index (χ0v) is 18.7. The van der Waals surface area contributed by atoms with Crippen molar-refractivity contribution in [3.63, 3.8) is 0 Å². The van der Waals surface area contributed by atoms with Crippen molar-refractivity contribution < 1.29 is 9.50 Å². The summed E-state index contributed by atoms with van der Waals surface area (Å²) in [6.07, 6.45) is 3.21. The second-order valence-corrected chi connectivity index (χ2v) is 8.38. The molecule has 0 aliphatic carbocycles. The van der Waals surface area contributed by atoms with E-state index in [0.717, 1.165) is 5.56 Å². The van der Waals surface area contributed by atoms with Crippen molar-refractivity contribution in [1.29, 1.82) is 0 Å². The SMILES string of the molecule is OC(c1ccncc1)(c1ccc(F)cc1)c1ccc2nc(Cl)c(-c3ccccc3)c(Cl)c2c1.